The van der Waals surface area contributed by atoms with Gasteiger partial charge in [-0.3, -0.25) is 4.79 Å². The van der Waals surface area contributed by atoms with E-state index in [2.05, 4.69) is 10.3 Å². The molecule has 0 spiro atoms. The fourth-order valence-corrected chi connectivity index (χ4v) is 2.33. The monoisotopic (exact) mass is 294 g/mol. The molecule has 0 unspecified atom stereocenters. The Morgan fingerprint density at radius 2 is 1.95 bits per heavy atom. The zero-order valence-corrected chi connectivity index (χ0v) is 11.9. The van der Waals surface area contributed by atoms with E-state index in [1.165, 1.54) is 11.3 Å². The number of benzene rings is 1. The lowest BCUT2D eigenvalue weighted by Crippen LogP contribution is -2.00. The molecule has 0 saturated carbocycles. The first kappa shape index (κ1) is 14.1. The molecule has 1 aromatic carbocycles. The lowest BCUT2D eigenvalue weighted by molar-refractivity contribution is -0.136. The minimum atomic E-state index is -0.898. The summed E-state index contributed by atoms with van der Waals surface area (Å²) >= 11 is 1.35. The van der Waals surface area contributed by atoms with E-state index in [1.807, 2.05) is 0 Å². The number of carboxylic acid groups (broad SMARTS) is 1. The summed E-state index contributed by atoms with van der Waals surface area (Å²) in [5, 5.41) is 14.2. The molecule has 0 radical (unpaired) electrons. The van der Waals surface area contributed by atoms with Gasteiger partial charge in [-0.2, -0.15) is 0 Å². The molecule has 1 aromatic heterocycles. The number of rotatable bonds is 6. The first-order valence-electron chi connectivity index (χ1n) is 5.77. The Hall–Kier alpha value is -2.28. The second-order valence-corrected chi connectivity index (χ2v) is 4.80. The maximum atomic E-state index is 10.6. The number of anilines is 2. The van der Waals surface area contributed by atoms with E-state index in [1.54, 1.807) is 37.8 Å². The minimum Gasteiger partial charge on any atom is -0.497 e. The van der Waals surface area contributed by atoms with Crippen LogP contribution in [0.1, 0.15) is 5.69 Å². The topological polar surface area (TPSA) is 80.7 Å². The molecule has 2 N–H and O–H groups in total. The van der Waals surface area contributed by atoms with Gasteiger partial charge in [-0.05, 0) is 0 Å². The van der Waals surface area contributed by atoms with E-state index >= 15 is 0 Å². The van der Waals surface area contributed by atoms with Gasteiger partial charge in [0.05, 0.1) is 26.3 Å². The van der Waals surface area contributed by atoms with Crippen LogP contribution in [0.5, 0.6) is 11.5 Å². The molecule has 0 amide bonds. The third-order valence-corrected chi connectivity index (χ3v) is 3.29. The number of nitrogens with one attached hydrogen (secondary N) is 1. The van der Waals surface area contributed by atoms with Gasteiger partial charge in [0.2, 0.25) is 0 Å². The Morgan fingerprint density at radius 1 is 1.30 bits per heavy atom. The van der Waals surface area contributed by atoms with Crippen LogP contribution in [-0.2, 0) is 11.2 Å². The van der Waals surface area contributed by atoms with Gasteiger partial charge in [0.1, 0.15) is 11.5 Å². The third-order valence-electron chi connectivity index (χ3n) is 2.49. The smallest absolute Gasteiger partial charge is 0.309 e. The van der Waals surface area contributed by atoms with Crippen LogP contribution in [0.2, 0.25) is 0 Å². The number of methoxy groups -OCH3 is 2. The van der Waals surface area contributed by atoms with Crippen molar-refractivity contribution in [1.82, 2.24) is 4.98 Å². The van der Waals surface area contributed by atoms with Gasteiger partial charge in [-0.1, -0.05) is 0 Å². The van der Waals surface area contributed by atoms with Crippen molar-refractivity contribution in [2.75, 3.05) is 19.5 Å². The lowest BCUT2D eigenvalue weighted by atomic mass is 10.3. The highest BCUT2D eigenvalue weighted by Gasteiger charge is 2.08. The summed E-state index contributed by atoms with van der Waals surface area (Å²) in [4.78, 5) is 14.8. The molecule has 0 saturated heterocycles. The van der Waals surface area contributed by atoms with Crippen LogP contribution < -0.4 is 14.8 Å². The van der Waals surface area contributed by atoms with E-state index in [0.29, 0.717) is 22.3 Å². The number of hydrogen-bond acceptors (Lipinski definition) is 6. The molecule has 6 nitrogen and oxygen atoms in total. The Kier molecular flexibility index (Phi) is 4.41. The number of carbonyl (C=O) groups is 1. The molecule has 0 aliphatic rings. The molecule has 7 heteroatoms. The average molecular weight is 294 g/mol. The molecule has 0 aliphatic heterocycles. The summed E-state index contributed by atoms with van der Waals surface area (Å²) in [6.45, 7) is 0. The van der Waals surface area contributed by atoms with E-state index in [-0.39, 0.29) is 6.42 Å². The predicted octanol–water partition coefficient (Wildman–Crippen LogP) is 2.53. The number of carboxylic acids is 1. The molecular weight excluding hydrogens is 280 g/mol. The van der Waals surface area contributed by atoms with Gasteiger partial charge < -0.3 is 19.9 Å². The highest BCUT2D eigenvalue weighted by atomic mass is 32.1. The van der Waals surface area contributed by atoms with Gasteiger partial charge in [0.25, 0.3) is 0 Å². The van der Waals surface area contributed by atoms with Crippen molar-refractivity contribution in [3.63, 3.8) is 0 Å². The van der Waals surface area contributed by atoms with E-state index in [0.717, 1.165) is 5.69 Å². The maximum absolute atomic E-state index is 10.6. The van der Waals surface area contributed by atoms with Gasteiger partial charge in [0, 0.05) is 29.3 Å². The fraction of sp³-hybridized carbons (Fsp3) is 0.231. The van der Waals surface area contributed by atoms with Gasteiger partial charge in [0.15, 0.2) is 5.13 Å². The summed E-state index contributed by atoms with van der Waals surface area (Å²) in [6.07, 6.45) is -0.0837. The third kappa shape index (κ3) is 3.61. The Labute approximate surface area is 120 Å². The Balaban J connectivity index is 2.16. The van der Waals surface area contributed by atoms with Crippen molar-refractivity contribution in [3.8, 4) is 11.5 Å². The van der Waals surface area contributed by atoms with Crippen molar-refractivity contribution in [2.45, 2.75) is 6.42 Å². The van der Waals surface area contributed by atoms with Crippen LogP contribution >= 0.6 is 11.3 Å². The van der Waals surface area contributed by atoms with Gasteiger partial charge in [-0.25, -0.2) is 4.98 Å². The van der Waals surface area contributed by atoms with Gasteiger partial charge >= 0.3 is 5.97 Å². The average Bonchev–Trinajstić information content (AvgIpc) is 2.84. The number of aliphatic carboxylic acids is 1. The zero-order valence-electron chi connectivity index (χ0n) is 11.0. The summed E-state index contributed by atoms with van der Waals surface area (Å²) in [6, 6.07) is 5.38. The maximum Gasteiger partial charge on any atom is 0.309 e. The molecule has 2 rings (SSSR count). The molecule has 0 aliphatic carbocycles. The minimum absolute atomic E-state index is 0.0837. The summed E-state index contributed by atoms with van der Waals surface area (Å²) < 4.78 is 10.4. The van der Waals surface area contributed by atoms with Crippen LogP contribution in [0.4, 0.5) is 10.8 Å². The molecule has 0 atom stereocenters. The standard InChI is InChI=1S/C13H14N2O4S/c1-18-10-3-8(4-11(6-10)19-2)14-13-15-9(7-20-13)5-12(16)17/h3-4,6-7H,5H2,1-2H3,(H,14,15)(H,16,17). The second kappa shape index (κ2) is 6.25. The van der Waals surface area contributed by atoms with Crippen LogP contribution in [0.25, 0.3) is 0 Å². The molecule has 0 fully saturated rings. The van der Waals surface area contributed by atoms with Crippen molar-refractivity contribution in [3.05, 3.63) is 29.3 Å². The normalized spacial score (nSPS) is 10.1. The van der Waals surface area contributed by atoms with E-state index < -0.39 is 5.97 Å². The Morgan fingerprint density at radius 3 is 2.50 bits per heavy atom. The second-order valence-electron chi connectivity index (χ2n) is 3.94. The highest BCUT2D eigenvalue weighted by molar-refractivity contribution is 7.13. The summed E-state index contributed by atoms with van der Waals surface area (Å²) in [5.41, 5.74) is 1.29. The molecule has 20 heavy (non-hydrogen) atoms. The largest absolute Gasteiger partial charge is 0.497 e. The number of ether oxygens (including phenoxy) is 2. The SMILES string of the molecule is COc1cc(Nc2nc(CC(=O)O)cs2)cc(OC)c1. The fourth-order valence-electron chi connectivity index (χ4n) is 1.60. The van der Waals surface area contributed by atoms with Crippen molar-refractivity contribution < 1.29 is 19.4 Å². The number of aromatic nitrogens is 1. The van der Waals surface area contributed by atoms with Crippen molar-refractivity contribution >= 4 is 28.1 Å². The first-order chi connectivity index (χ1) is 9.60. The van der Waals surface area contributed by atoms with Crippen LogP contribution in [0, 0.1) is 0 Å². The number of hydrogen-bond donors (Lipinski definition) is 2. The quantitative estimate of drug-likeness (QED) is 0.852. The summed E-state index contributed by atoms with van der Waals surface area (Å²) in [5.74, 6) is 0.424. The van der Waals surface area contributed by atoms with E-state index in [4.69, 9.17) is 14.6 Å². The van der Waals surface area contributed by atoms with E-state index in [9.17, 15) is 4.79 Å². The summed E-state index contributed by atoms with van der Waals surface area (Å²) in [7, 11) is 3.15. The molecule has 2 aromatic rings. The predicted molar refractivity (Wildman–Crippen MR) is 76.3 cm³/mol. The molecular formula is C13H14N2O4S. The van der Waals surface area contributed by atoms with Crippen LogP contribution in [0.15, 0.2) is 23.6 Å². The van der Waals surface area contributed by atoms with Crippen LogP contribution in [0.3, 0.4) is 0 Å². The van der Waals surface area contributed by atoms with Crippen LogP contribution in [-0.4, -0.2) is 30.3 Å². The Bertz CT molecular complexity index is 590. The van der Waals surface area contributed by atoms with Crippen molar-refractivity contribution in [1.29, 1.82) is 0 Å². The van der Waals surface area contributed by atoms with Gasteiger partial charge in [-0.15, -0.1) is 11.3 Å². The highest BCUT2D eigenvalue weighted by Crippen LogP contribution is 2.29. The molecule has 1 heterocycles. The number of thiazole rings is 1. The lowest BCUT2D eigenvalue weighted by Gasteiger charge is -2.08. The zero-order chi connectivity index (χ0) is 14.5. The molecule has 106 valence electrons. The van der Waals surface area contributed by atoms with Crippen molar-refractivity contribution in [2.24, 2.45) is 0 Å². The first-order valence-corrected chi connectivity index (χ1v) is 6.65. The molecule has 0 bridgehead atoms. The number of nitrogens with zero attached hydrogens (tertiary/aromatic N) is 1.